The van der Waals surface area contributed by atoms with Gasteiger partial charge < -0.3 is 0 Å². The quantitative estimate of drug-likeness (QED) is 0.575. The minimum atomic E-state index is 0.371. The zero-order chi connectivity index (χ0) is 14.9. The van der Waals surface area contributed by atoms with Crippen LogP contribution in [-0.2, 0) is 0 Å². The van der Waals surface area contributed by atoms with Crippen molar-refractivity contribution in [1.82, 2.24) is 4.90 Å². The fourth-order valence-corrected chi connectivity index (χ4v) is 5.05. The lowest BCUT2D eigenvalue weighted by atomic mass is 9.70. The lowest BCUT2D eigenvalue weighted by Gasteiger charge is -2.47. The van der Waals surface area contributed by atoms with Crippen LogP contribution < -0.4 is 0 Å². The molecule has 0 radical (unpaired) electrons. The molecule has 0 aromatic rings. The molecule has 2 aliphatic rings. The maximum Gasteiger partial charge on any atom is 0.0240 e. The van der Waals surface area contributed by atoms with Crippen molar-refractivity contribution in [2.45, 2.75) is 86.7 Å². The SMILES string of the molecule is CC.CC.CC1CC2(C)N(C)C(C)(C)C1C2(C)C. The molecule has 0 N–H and O–H groups in total. The molecule has 0 amide bonds. The predicted octanol–water partition coefficient (Wildman–Crippen LogP) is 5.20. The summed E-state index contributed by atoms with van der Waals surface area (Å²) in [4.78, 5) is 2.63. The van der Waals surface area contributed by atoms with Crippen molar-refractivity contribution < 1.29 is 0 Å². The number of hydrogen-bond donors (Lipinski definition) is 0. The molecule has 18 heavy (non-hydrogen) atoms. The molecule has 3 atom stereocenters. The average Bonchev–Trinajstić information content (AvgIpc) is 2.54. The molecular formula is C17H37N. The van der Waals surface area contributed by atoms with Gasteiger partial charge in [-0.3, -0.25) is 4.90 Å². The Morgan fingerprint density at radius 3 is 1.50 bits per heavy atom. The Kier molecular flexibility index (Phi) is 5.51. The van der Waals surface area contributed by atoms with Gasteiger partial charge in [0, 0.05) is 11.1 Å². The van der Waals surface area contributed by atoms with Gasteiger partial charge in [0.25, 0.3) is 0 Å². The van der Waals surface area contributed by atoms with E-state index in [9.17, 15) is 0 Å². The summed E-state index contributed by atoms with van der Waals surface area (Å²) >= 11 is 0. The fourth-order valence-electron chi connectivity index (χ4n) is 5.05. The smallest absolute Gasteiger partial charge is 0.0240 e. The molecule has 1 nitrogen and oxygen atoms in total. The molecule has 2 rings (SSSR count). The van der Waals surface area contributed by atoms with E-state index in [-0.39, 0.29) is 0 Å². The molecule has 0 aromatic heterocycles. The molecule has 2 fully saturated rings. The van der Waals surface area contributed by atoms with E-state index in [1.807, 2.05) is 27.7 Å². The summed E-state index contributed by atoms with van der Waals surface area (Å²) in [6.45, 7) is 22.7. The summed E-state index contributed by atoms with van der Waals surface area (Å²) in [5.41, 5.74) is 1.24. The van der Waals surface area contributed by atoms with Gasteiger partial charge in [-0.25, -0.2) is 0 Å². The zero-order valence-electron chi connectivity index (χ0n) is 14.8. The lowest BCUT2D eigenvalue weighted by molar-refractivity contribution is 0.0210. The van der Waals surface area contributed by atoms with Crippen molar-refractivity contribution in [2.24, 2.45) is 17.3 Å². The van der Waals surface area contributed by atoms with Crippen molar-refractivity contribution in [2.75, 3.05) is 7.05 Å². The Bertz CT molecular complexity index is 267. The van der Waals surface area contributed by atoms with Crippen LogP contribution in [0.15, 0.2) is 0 Å². The molecule has 1 saturated heterocycles. The van der Waals surface area contributed by atoms with Gasteiger partial charge in [0.15, 0.2) is 0 Å². The molecule has 1 heterocycles. The maximum atomic E-state index is 2.63. The standard InChI is InChI=1S/C13H25N.2C2H6/c1-9-8-13(6)11(2,3)10(9)12(4,5)14(13)7;2*1-2/h9-10H,8H2,1-7H3;2*1-2H3. The second kappa shape index (κ2) is 5.53. The number of fused-ring (bicyclic) bond motifs is 2. The van der Waals surface area contributed by atoms with Gasteiger partial charge in [-0.05, 0) is 51.5 Å². The first-order valence-corrected chi connectivity index (χ1v) is 7.89. The number of piperidine rings is 1. The van der Waals surface area contributed by atoms with Crippen LogP contribution in [0.5, 0.6) is 0 Å². The average molecular weight is 255 g/mol. The number of rotatable bonds is 0. The third-order valence-corrected chi connectivity index (χ3v) is 5.82. The molecule has 0 spiro atoms. The van der Waals surface area contributed by atoms with Crippen LogP contribution in [0.3, 0.4) is 0 Å². The molecule has 1 aliphatic heterocycles. The zero-order valence-corrected chi connectivity index (χ0v) is 14.8. The van der Waals surface area contributed by atoms with Crippen LogP contribution in [-0.4, -0.2) is 23.0 Å². The summed E-state index contributed by atoms with van der Waals surface area (Å²) in [5, 5.41) is 0. The largest absolute Gasteiger partial charge is 0.295 e. The molecule has 2 bridgehead atoms. The Morgan fingerprint density at radius 2 is 1.28 bits per heavy atom. The van der Waals surface area contributed by atoms with Gasteiger partial charge in [0.1, 0.15) is 0 Å². The van der Waals surface area contributed by atoms with E-state index in [4.69, 9.17) is 0 Å². The minimum Gasteiger partial charge on any atom is -0.295 e. The highest BCUT2D eigenvalue weighted by Crippen LogP contribution is 2.66. The van der Waals surface area contributed by atoms with Gasteiger partial charge in [0.05, 0.1) is 0 Å². The van der Waals surface area contributed by atoms with E-state index >= 15 is 0 Å². The number of hydrogen-bond acceptors (Lipinski definition) is 1. The second-order valence-electron chi connectivity index (χ2n) is 6.87. The maximum absolute atomic E-state index is 2.63. The second-order valence-corrected chi connectivity index (χ2v) is 6.87. The lowest BCUT2D eigenvalue weighted by Crippen LogP contribution is -2.53. The first kappa shape index (κ1) is 18.0. The van der Waals surface area contributed by atoms with Crippen molar-refractivity contribution in [3.05, 3.63) is 0 Å². The highest BCUT2D eigenvalue weighted by Gasteiger charge is 2.69. The molecule has 1 saturated carbocycles. The monoisotopic (exact) mass is 255 g/mol. The van der Waals surface area contributed by atoms with Crippen LogP contribution >= 0.6 is 0 Å². The highest BCUT2D eigenvalue weighted by molar-refractivity contribution is 5.22. The van der Waals surface area contributed by atoms with Crippen LogP contribution in [0.1, 0.15) is 75.7 Å². The van der Waals surface area contributed by atoms with Crippen molar-refractivity contribution in [3.8, 4) is 0 Å². The molecule has 3 unspecified atom stereocenters. The van der Waals surface area contributed by atoms with Crippen LogP contribution in [0.2, 0.25) is 0 Å². The van der Waals surface area contributed by atoms with Crippen LogP contribution in [0, 0.1) is 17.3 Å². The molecule has 0 aromatic carbocycles. The van der Waals surface area contributed by atoms with Crippen molar-refractivity contribution >= 4 is 0 Å². The van der Waals surface area contributed by atoms with E-state index in [0.29, 0.717) is 16.5 Å². The van der Waals surface area contributed by atoms with Crippen LogP contribution in [0.25, 0.3) is 0 Å². The normalized spacial score (nSPS) is 39.5. The summed E-state index contributed by atoms with van der Waals surface area (Å²) in [7, 11) is 2.31. The van der Waals surface area contributed by atoms with Gasteiger partial charge >= 0.3 is 0 Å². The highest BCUT2D eigenvalue weighted by atomic mass is 15.3. The van der Waals surface area contributed by atoms with Gasteiger partial charge in [-0.15, -0.1) is 0 Å². The predicted molar refractivity (Wildman–Crippen MR) is 84.0 cm³/mol. The van der Waals surface area contributed by atoms with Gasteiger partial charge in [-0.1, -0.05) is 48.5 Å². The molecule has 1 heteroatoms. The Hall–Kier alpha value is -0.0400. The number of likely N-dealkylation sites (tertiary alicyclic amines) is 1. The first-order valence-electron chi connectivity index (χ1n) is 7.89. The fraction of sp³-hybridized carbons (Fsp3) is 1.00. The summed E-state index contributed by atoms with van der Waals surface area (Å²) in [6, 6.07) is 0. The number of nitrogens with zero attached hydrogens (tertiary/aromatic N) is 1. The molecule has 1 aliphatic carbocycles. The Morgan fingerprint density at radius 1 is 0.889 bits per heavy atom. The first-order chi connectivity index (χ1) is 8.15. The van der Waals surface area contributed by atoms with Gasteiger partial charge in [0.2, 0.25) is 0 Å². The summed E-state index contributed by atoms with van der Waals surface area (Å²) in [5.74, 6) is 1.71. The summed E-state index contributed by atoms with van der Waals surface area (Å²) in [6.07, 6.45) is 1.37. The summed E-state index contributed by atoms with van der Waals surface area (Å²) < 4.78 is 0. The molecular weight excluding hydrogens is 218 g/mol. The van der Waals surface area contributed by atoms with E-state index in [1.54, 1.807) is 0 Å². The van der Waals surface area contributed by atoms with Crippen molar-refractivity contribution in [3.63, 3.8) is 0 Å². The van der Waals surface area contributed by atoms with E-state index in [1.165, 1.54) is 6.42 Å². The van der Waals surface area contributed by atoms with E-state index < -0.39 is 0 Å². The Labute approximate surface area is 116 Å². The van der Waals surface area contributed by atoms with Crippen LogP contribution in [0.4, 0.5) is 0 Å². The van der Waals surface area contributed by atoms with E-state index in [2.05, 4.69) is 53.5 Å². The third kappa shape index (κ3) is 2.03. The van der Waals surface area contributed by atoms with E-state index in [0.717, 1.165) is 11.8 Å². The van der Waals surface area contributed by atoms with Gasteiger partial charge in [-0.2, -0.15) is 0 Å². The van der Waals surface area contributed by atoms with Crippen molar-refractivity contribution in [1.29, 1.82) is 0 Å². The minimum absolute atomic E-state index is 0.371. The topological polar surface area (TPSA) is 3.24 Å². The third-order valence-electron chi connectivity index (χ3n) is 5.82. The molecule has 110 valence electrons. The Balaban J connectivity index is 0.000000659.